The Balaban J connectivity index is 1.63. The van der Waals surface area contributed by atoms with Crippen molar-refractivity contribution in [3.8, 4) is 11.4 Å². The Morgan fingerprint density at radius 2 is 1.89 bits per heavy atom. The number of carbonyl (C=O) groups is 1. The molecule has 148 valence electrons. The van der Waals surface area contributed by atoms with E-state index in [2.05, 4.69) is 22.3 Å². The molecule has 1 saturated heterocycles. The number of nitrogens with one attached hydrogen (secondary N) is 1. The maximum Gasteiger partial charge on any atom is 0.225 e. The predicted octanol–water partition coefficient (Wildman–Crippen LogP) is 3.76. The highest BCUT2D eigenvalue weighted by molar-refractivity contribution is 5.80. The Morgan fingerprint density at radius 1 is 1.11 bits per heavy atom. The predicted molar refractivity (Wildman–Crippen MR) is 112 cm³/mol. The average molecular weight is 379 g/mol. The standard InChI is InChI=1S/C23H30N4O/c1-23(2,3)26-22(28)17-11-8-14-27(15-17)21-18-12-7-13-19(18)24-20(25-21)16-9-5-4-6-10-16/h4-6,9-10,17H,7-8,11-15H2,1-3H3,(H,26,28)/t17-/m1/s1. The molecule has 0 saturated carbocycles. The second-order valence-electron chi connectivity index (χ2n) is 9.04. The van der Waals surface area contributed by atoms with Gasteiger partial charge in [0, 0.05) is 35.4 Å². The van der Waals surface area contributed by atoms with Crippen LogP contribution in [0.4, 0.5) is 5.82 Å². The number of aryl methyl sites for hydroxylation is 1. The zero-order chi connectivity index (χ0) is 19.7. The van der Waals surface area contributed by atoms with Crippen LogP contribution >= 0.6 is 0 Å². The van der Waals surface area contributed by atoms with Crippen LogP contribution in [0, 0.1) is 5.92 Å². The summed E-state index contributed by atoms with van der Waals surface area (Å²) in [6, 6.07) is 10.2. The summed E-state index contributed by atoms with van der Waals surface area (Å²) in [5.74, 6) is 2.03. The van der Waals surface area contributed by atoms with Gasteiger partial charge in [-0.15, -0.1) is 0 Å². The fourth-order valence-electron chi connectivity index (χ4n) is 4.25. The first-order valence-electron chi connectivity index (χ1n) is 10.4. The highest BCUT2D eigenvalue weighted by atomic mass is 16.2. The van der Waals surface area contributed by atoms with Crippen molar-refractivity contribution in [2.24, 2.45) is 5.92 Å². The minimum Gasteiger partial charge on any atom is -0.355 e. The Labute approximate surface area is 167 Å². The number of hydrogen-bond donors (Lipinski definition) is 1. The molecule has 2 heterocycles. The molecule has 28 heavy (non-hydrogen) atoms. The SMILES string of the molecule is CC(C)(C)NC(=O)[C@@H]1CCCN(c2nc(-c3ccccc3)nc3c2CCC3)C1. The minimum atomic E-state index is -0.198. The Morgan fingerprint density at radius 3 is 2.64 bits per heavy atom. The van der Waals surface area contributed by atoms with Gasteiger partial charge in [0.25, 0.3) is 0 Å². The number of hydrogen-bond acceptors (Lipinski definition) is 4. The molecule has 0 bridgehead atoms. The number of carbonyl (C=O) groups excluding carboxylic acids is 1. The molecular weight excluding hydrogens is 348 g/mol. The first-order chi connectivity index (χ1) is 13.4. The number of piperidine rings is 1. The van der Waals surface area contributed by atoms with Crippen LogP contribution in [-0.2, 0) is 17.6 Å². The van der Waals surface area contributed by atoms with Crippen LogP contribution in [-0.4, -0.2) is 34.5 Å². The lowest BCUT2D eigenvalue weighted by Gasteiger charge is -2.35. The van der Waals surface area contributed by atoms with Crippen molar-refractivity contribution >= 4 is 11.7 Å². The number of benzene rings is 1. The maximum atomic E-state index is 12.7. The summed E-state index contributed by atoms with van der Waals surface area (Å²) >= 11 is 0. The molecule has 0 unspecified atom stereocenters. The van der Waals surface area contributed by atoms with Gasteiger partial charge in [0.15, 0.2) is 5.82 Å². The normalized spacial score (nSPS) is 19.4. The summed E-state index contributed by atoms with van der Waals surface area (Å²) < 4.78 is 0. The van der Waals surface area contributed by atoms with Gasteiger partial charge in [-0.05, 0) is 52.9 Å². The smallest absolute Gasteiger partial charge is 0.225 e. The monoisotopic (exact) mass is 378 g/mol. The first-order valence-corrected chi connectivity index (χ1v) is 10.4. The molecule has 2 aliphatic rings. The molecule has 1 aliphatic carbocycles. The van der Waals surface area contributed by atoms with E-state index < -0.39 is 0 Å². The van der Waals surface area contributed by atoms with Crippen molar-refractivity contribution in [2.45, 2.75) is 58.4 Å². The van der Waals surface area contributed by atoms with Gasteiger partial charge in [-0.25, -0.2) is 9.97 Å². The van der Waals surface area contributed by atoms with E-state index in [4.69, 9.17) is 9.97 Å². The van der Waals surface area contributed by atoms with Crippen molar-refractivity contribution < 1.29 is 4.79 Å². The molecule has 0 spiro atoms. The van der Waals surface area contributed by atoms with Crippen LogP contribution in [0.3, 0.4) is 0 Å². The van der Waals surface area contributed by atoms with Gasteiger partial charge in [0.2, 0.25) is 5.91 Å². The molecule has 5 nitrogen and oxygen atoms in total. The van der Waals surface area contributed by atoms with E-state index >= 15 is 0 Å². The van der Waals surface area contributed by atoms with Crippen molar-refractivity contribution in [3.05, 3.63) is 41.6 Å². The van der Waals surface area contributed by atoms with E-state index in [0.717, 1.165) is 62.4 Å². The van der Waals surface area contributed by atoms with Gasteiger partial charge in [0.1, 0.15) is 5.82 Å². The van der Waals surface area contributed by atoms with Crippen molar-refractivity contribution in [1.82, 2.24) is 15.3 Å². The third-order valence-electron chi connectivity index (χ3n) is 5.53. The van der Waals surface area contributed by atoms with Crippen LogP contribution in [0.25, 0.3) is 11.4 Å². The first kappa shape index (κ1) is 18.9. The lowest BCUT2D eigenvalue weighted by molar-refractivity contribution is -0.126. The van der Waals surface area contributed by atoms with E-state index in [9.17, 15) is 4.79 Å². The molecule has 4 rings (SSSR count). The largest absolute Gasteiger partial charge is 0.355 e. The molecule has 1 aromatic heterocycles. The van der Waals surface area contributed by atoms with Gasteiger partial charge in [0.05, 0.1) is 5.92 Å². The zero-order valence-corrected chi connectivity index (χ0v) is 17.2. The molecule has 5 heteroatoms. The molecule has 1 aliphatic heterocycles. The lowest BCUT2D eigenvalue weighted by Crippen LogP contribution is -2.49. The lowest BCUT2D eigenvalue weighted by atomic mass is 9.95. The molecular formula is C23H30N4O. The van der Waals surface area contributed by atoms with E-state index in [1.807, 2.05) is 39.0 Å². The van der Waals surface area contributed by atoms with Crippen molar-refractivity contribution in [1.29, 1.82) is 0 Å². The highest BCUT2D eigenvalue weighted by Gasteiger charge is 2.31. The van der Waals surface area contributed by atoms with Gasteiger partial charge in [-0.2, -0.15) is 0 Å². The number of anilines is 1. The van der Waals surface area contributed by atoms with Crippen LogP contribution in [0.1, 0.15) is 51.3 Å². The van der Waals surface area contributed by atoms with Crippen LogP contribution in [0.2, 0.25) is 0 Å². The third kappa shape index (κ3) is 4.03. The van der Waals surface area contributed by atoms with Gasteiger partial charge in [-0.1, -0.05) is 30.3 Å². The summed E-state index contributed by atoms with van der Waals surface area (Å²) in [5, 5.41) is 3.15. The van der Waals surface area contributed by atoms with Crippen LogP contribution in [0.5, 0.6) is 0 Å². The summed E-state index contributed by atoms with van der Waals surface area (Å²) in [6.45, 7) is 7.80. The molecule has 1 aromatic carbocycles. The third-order valence-corrected chi connectivity index (χ3v) is 5.53. The van der Waals surface area contributed by atoms with Crippen LogP contribution < -0.4 is 10.2 Å². The molecule has 0 radical (unpaired) electrons. The molecule has 1 N–H and O–H groups in total. The van der Waals surface area contributed by atoms with E-state index in [1.54, 1.807) is 0 Å². The molecule has 1 fully saturated rings. The second-order valence-corrected chi connectivity index (χ2v) is 9.04. The number of nitrogens with zero attached hydrogens (tertiary/aromatic N) is 3. The maximum absolute atomic E-state index is 12.7. The Hall–Kier alpha value is -2.43. The van der Waals surface area contributed by atoms with Crippen molar-refractivity contribution in [2.75, 3.05) is 18.0 Å². The molecule has 2 aromatic rings. The van der Waals surface area contributed by atoms with Gasteiger partial charge >= 0.3 is 0 Å². The Bertz CT molecular complexity index is 857. The van der Waals surface area contributed by atoms with E-state index in [1.165, 1.54) is 11.3 Å². The fourth-order valence-corrected chi connectivity index (χ4v) is 4.25. The molecule has 1 atom stereocenters. The van der Waals surface area contributed by atoms with E-state index in [-0.39, 0.29) is 17.4 Å². The molecule has 1 amide bonds. The highest BCUT2D eigenvalue weighted by Crippen LogP contribution is 2.33. The second kappa shape index (κ2) is 7.53. The van der Waals surface area contributed by atoms with Crippen LogP contribution in [0.15, 0.2) is 30.3 Å². The van der Waals surface area contributed by atoms with Crippen molar-refractivity contribution in [3.63, 3.8) is 0 Å². The van der Waals surface area contributed by atoms with E-state index in [0.29, 0.717) is 0 Å². The summed E-state index contributed by atoms with van der Waals surface area (Å²) in [7, 11) is 0. The fraction of sp³-hybridized carbons (Fsp3) is 0.522. The minimum absolute atomic E-state index is 0.0140. The van der Waals surface area contributed by atoms with Gasteiger partial charge in [-0.3, -0.25) is 4.79 Å². The topological polar surface area (TPSA) is 58.1 Å². The van der Waals surface area contributed by atoms with Gasteiger partial charge < -0.3 is 10.2 Å². The Kier molecular flexibility index (Phi) is 5.09. The summed E-state index contributed by atoms with van der Waals surface area (Å²) in [4.78, 5) is 24.9. The summed E-state index contributed by atoms with van der Waals surface area (Å²) in [6.07, 6.45) is 5.15. The average Bonchev–Trinajstić information content (AvgIpc) is 3.15. The quantitative estimate of drug-likeness (QED) is 0.883. The number of fused-ring (bicyclic) bond motifs is 1. The number of amides is 1. The zero-order valence-electron chi connectivity index (χ0n) is 17.2. The number of rotatable bonds is 3. The number of aromatic nitrogens is 2. The summed E-state index contributed by atoms with van der Waals surface area (Å²) in [5.41, 5.74) is 3.33.